The molecule has 0 spiro atoms. The number of hydrogen-bond acceptors (Lipinski definition) is 2. The molecule has 1 aliphatic carbocycles. The first-order valence-corrected chi connectivity index (χ1v) is 8.19. The summed E-state index contributed by atoms with van der Waals surface area (Å²) in [6, 6.07) is 0.207. The maximum atomic E-state index is 6.41. The second-order valence-corrected chi connectivity index (χ2v) is 7.65. The smallest absolute Gasteiger partial charge is 0.0821 e. The number of aromatic nitrogens is 2. The highest BCUT2D eigenvalue weighted by Crippen LogP contribution is 2.44. The molecule has 1 heterocycles. The first-order chi connectivity index (χ1) is 9.34. The molecule has 2 N–H and O–H groups in total. The molecule has 3 atom stereocenters. The number of nitrogens with two attached hydrogens (primary N) is 1. The minimum atomic E-state index is 0.207. The quantitative estimate of drug-likeness (QED) is 0.908. The average molecular weight is 298 g/mol. The van der Waals surface area contributed by atoms with Gasteiger partial charge in [0.05, 0.1) is 16.9 Å². The molecule has 0 aliphatic heterocycles. The van der Waals surface area contributed by atoms with Gasteiger partial charge in [0.2, 0.25) is 0 Å². The Labute approximate surface area is 127 Å². The molecule has 4 heteroatoms. The van der Waals surface area contributed by atoms with Crippen molar-refractivity contribution < 1.29 is 0 Å². The third-order valence-corrected chi connectivity index (χ3v) is 5.04. The van der Waals surface area contributed by atoms with E-state index in [1.807, 2.05) is 0 Å². The van der Waals surface area contributed by atoms with Crippen molar-refractivity contribution in [3.8, 4) is 0 Å². The van der Waals surface area contributed by atoms with Crippen molar-refractivity contribution in [2.75, 3.05) is 0 Å². The largest absolute Gasteiger partial charge is 0.327 e. The molecule has 0 saturated heterocycles. The normalized spacial score (nSPS) is 27.8. The molecule has 0 bridgehead atoms. The highest BCUT2D eigenvalue weighted by Gasteiger charge is 2.37. The lowest BCUT2D eigenvalue weighted by atomic mass is 9.67. The highest BCUT2D eigenvalue weighted by atomic mass is 35.5. The third-order valence-electron chi connectivity index (χ3n) is 4.75. The summed E-state index contributed by atoms with van der Waals surface area (Å²) in [5.41, 5.74) is 7.91. The average Bonchev–Trinajstić information content (AvgIpc) is 2.70. The van der Waals surface area contributed by atoms with Gasteiger partial charge >= 0.3 is 0 Å². The van der Waals surface area contributed by atoms with Crippen LogP contribution in [0.15, 0.2) is 6.20 Å². The second kappa shape index (κ2) is 6.07. The Morgan fingerprint density at radius 1 is 1.40 bits per heavy atom. The van der Waals surface area contributed by atoms with Crippen molar-refractivity contribution in [1.82, 2.24) is 9.78 Å². The Morgan fingerprint density at radius 2 is 2.10 bits per heavy atom. The summed E-state index contributed by atoms with van der Waals surface area (Å²) in [7, 11) is 0. The van der Waals surface area contributed by atoms with E-state index in [0.717, 1.165) is 36.5 Å². The molecule has 0 aromatic carbocycles. The van der Waals surface area contributed by atoms with Gasteiger partial charge in [0, 0.05) is 18.5 Å². The minimum Gasteiger partial charge on any atom is -0.327 e. The predicted molar refractivity (Wildman–Crippen MR) is 85.0 cm³/mol. The van der Waals surface area contributed by atoms with E-state index in [1.54, 1.807) is 6.20 Å². The summed E-state index contributed by atoms with van der Waals surface area (Å²) in [5.74, 6) is 1.04. The molecule has 1 fully saturated rings. The fourth-order valence-corrected chi connectivity index (χ4v) is 3.71. The lowest BCUT2D eigenvalue weighted by Gasteiger charge is -2.41. The van der Waals surface area contributed by atoms with Crippen molar-refractivity contribution in [3.63, 3.8) is 0 Å². The molecule has 3 unspecified atom stereocenters. The van der Waals surface area contributed by atoms with Gasteiger partial charge in [-0.25, -0.2) is 0 Å². The lowest BCUT2D eigenvalue weighted by Crippen LogP contribution is -2.39. The molecule has 3 nitrogen and oxygen atoms in total. The van der Waals surface area contributed by atoms with E-state index >= 15 is 0 Å². The molecular weight excluding hydrogens is 270 g/mol. The van der Waals surface area contributed by atoms with E-state index in [4.69, 9.17) is 17.3 Å². The predicted octanol–water partition coefficient (Wildman–Crippen LogP) is 4.20. The van der Waals surface area contributed by atoms with Gasteiger partial charge in [0.1, 0.15) is 0 Å². The van der Waals surface area contributed by atoms with Gasteiger partial charge in [-0.1, -0.05) is 39.3 Å². The Kier molecular flexibility index (Phi) is 4.80. The van der Waals surface area contributed by atoms with Gasteiger partial charge in [-0.15, -0.1) is 0 Å². The molecule has 20 heavy (non-hydrogen) atoms. The van der Waals surface area contributed by atoms with Crippen LogP contribution in [0.4, 0.5) is 0 Å². The van der Waals surface area contributed by atoms with E-state index in [2.05, 4.69) is 37.5 Å². The summed E-state index contributed by atoms with van der Waals surface area (Å²) in [4.78, 5) is 0. The maximum absolute atomic E-state index is 6.41. The van der Waals surface area contributed by atoms with E-state index in [-0.39, 0.29) is 6.04 Å². The summed E-state index contributed by atoms with van der Waals surface area (Å²) < 4.78 is 2.07. The van der Waals surface area contributed by atoms with E-state index < -0.39 is 0 Å². The number of nitrogens with zero attached hydrogens (tertiary/aromatic N) is 2. The minimum absolute atomic E-state index is 0.207. The second-order valence-electron chi connectivity index (χ2n) is 7.25. The van der Waals surface area contributed by atoms with Crippen LogP contribution in [0, 0.1) is 11.3 Å². The van der Waals surface area contributed by atoms with Gasteiger partial charge in [-0.2, -0.15) is 5.10 Å². The van der Waals surface area contributed by atoms with Gasteiger partial charge in [0.25, 0.3) is 0 Å². The zero-order valence-corrected chi connectivity index (χ0v) is 14.0. The molecule has 1 aromatic rings. The first kappa shape index (κ1) is 15.8. The fourth-order valence-electron chi connectivity index (χ4n) is 3.43. The van der Waals surface area contributed by atoms with Crippen LogP contribution in [0.5, 0.6) is 0 Å². The molecule has 0 amide bonds. The van der Waals surface area contributed by atoms with Crippen LogP contribution in [0.25, 0.3) is 0 Å². The van der Waals surface area contributed by atoms with E-state index in [9.17, 15) is 0 Å². The van der Waals surface area contributed by atoms with Gasteiger partial charge in [-0.3, -0.25) is 4.68 Å². The zero-order chi connectivity index (χ0) is 14.9. The Hall–Kier alpha value is -0.540. The fraction of sp³-hybridized carbons (Fsp3) is 0.812. The van der Waals surface area contributed by atoms with E-state index in [1.165, 1.54) is 6.42 Å². The van der Waals surface area contributed by atoms with Crippen LogP contribution in [0.2, 0.25) is 5.02 Å². The van der Waals surface area contributed by atoms with Crippen LogP contribution < -0.4 is 5.73 Å². The Bertz CT molecular complexity index is 447. The molecule has 0 radical (unpaired) electrons. The molecule has 114 valence electrons. The molecule has 1 saturated carbocycles. The zero-order valence-electron chi connectivity index (χ0n) is 13.2. The molecule has 1 aromatic heterocycles. The van der Waals surface area contributed by atoms with Crippen molar-refractivity contribution in [1.29, 1.82) is 0 Å². The summed E-state index contributed by atoms with van der Waals surface area (Å²) in [6.45, 7) is 10.1. The van der Waals surface area contributed by atoms with Crippen LogP contribution in [-0.4, -0.2) is 15.8 Å². The number of hydrogen-bond donors (Lipinski definition) is 1. The highest BCUT2D eigenvalue weighted by molar-refractivity contribution is 6.31. The summed E-state index contributed by atoms with van der Waals surface area (Å²) in [6.07, 6.45) is 6.27. The SMILES string of the molecule is CCCn1ncc(Cl)c1C1CC(C(C)(C)C)CCC1N. The topological polar surface area (TPSA) is 43.8 Å². The molecular formula is C16H28ClN3. The van der Waals surface area contributed by atoms with Gasteiger partial charge in [0.15, 0.2) is 0 Å². The van der Waals surface area contributed by atoms with Crippen LogP contribution in [-0.2, 0) is 6.54 Å². The monoisotopic (exact) mass is 297 g/mol. The number of rotatable bonds is 3. The van der Waals surface area contributed by atoms with Gasteiger partial charge in [-0.05, 0) is 37.0 Å². The third kappa shape index (κ3) is 3.20. The number of halogens is 1. The summed E-state index contributed by atoms with van der Waals surface area (Å²) in [5, 5.41) is 5.22. The van der Waals surface area contributed by atoms with Crippen LogP contribution in [0.1, 0.15) is 65.0 Å². The van der Waals surface area contributed by atoms with Gasteiger partial charge < -0.3 is 5.73 Å². The van der Waals surface area contributed by atoms with Crippen molar-refractivity contribution in [2.24, 2.45) is 17.1 Å². The maximum Gasteiger partial charge on any atom is 0.0821 e. The standard InChI is InChI=1S/C16H28ClN3/c1-5-8-20-15(13(17)10-19-20)12-9-11(16(2,3)4)6-7-14(12)18/h10-12,14H,5-9,18H2,1-4H3. The lowest BCUT2D eigenvalue weighted by molar-refractivity contribution is 0.151. The van der Waals surface area contributed by atoms with Crippen molar-refractivity contribution in [2.45, 2.75) is 71.9 Å². The van der Waals surface area contributed by atoms with Crippen LogP contribution >= 0.6 is 11.6 Å². The Morgan fingerprint density at radius 3 is 2.70 bits per heavy atom. The van der Waals surface area contributed by atoms with Crippen molar-refractivity contribution >= 4 is 11.6 Å². The van der Waals surface area contributed by atoms with E-state index in [0.29, 0.717) is 17.3 Å². The van der Waals surface area contributed by atoms with Crippen molar-refractivity contribution in [3.05, 3.63) is 16.9 Å². The summed E-state index contributed by atoms with van der Waals surface area (Å²) >= 11 is 6.40. The molecule has 1 aliphatic rings. The molecule has 2 rings (SSSR count). The Balaban J connectivity index is 2.27. The van der Waals surface area contributed by atoms with Crippen LogP contribution in [0.3, 0.4) is 0 Å². The first-order valence-electron chi connectivity index (χ1n) is 7.81. The number of aryl methyl sites for hydroxylation is 1.